The molecule has 0 aliphatic carbocycles. The molecule has 0 aliphatic heterocycles. The smallest absolute Gasteiger partial charge is 0.305 e. The van der Waals surface area contributed by atoms with E-state index in [0.29, 0.717) is 13.0 Å². The number of esters is 1. The Balaban J connectivity index is 2.23. The molecule has 0 aliphatic rings. The largest absolute Gasteiger partial charge is 0.466 e. The number of carbonyl (C=O) groups excluding carboxylic acids is 1. The number of aryl methyl sites for hydroxylation is 1. The second kappa shape index (κ2) is 7.88. The van der Waals surface area contributed by atoms with Crippen LogP contribution in [0.1, 0.15) is 49.8 Å². The van der Waals surface area contributed by atoms with Crippen LogP contribution in [0.5, 0.6) is 0 Å². The number of nitrogens with two attached hydrogens (primary N) is 1. The molecule has 0 bridgehead atoms. The van der Waals surface area contributed by atoms with Gasteiger partial charge in [0, 0.05) is 12.5 Å². The van der Waals surface area contributed by atoms with Crippen molar-refractivity contribution in [1.82, 2.24) is 0 Å². The topological polar surface area (TPSA) is 52.3 Å². The average molecular weight is 249 g/mol. The number of unbranched alkanes of at least 4 members (excludes halogenated alkanes) is 1. The highest BCUT2D eigenvalue weighted by molar-refractivity contribution is 5.69. The highest BCUT2D eigenvalue weighted by atomic mass is 16.5. The zero-order chi connectivity index (χ0) is 13.4. The molecule has 3 heteroatoms. The highest BCUT2D eigenvalue weighted by Crippen LogP contribution is 2.17. The molecule has 0 spiro atoms. The van der Waals surface area contributed by atoms with Crippen LogP contribution in [0.25, 0.3) is 0 Å². The van der Waals surface area contributed by atoms with Gasteiger partial charge in [0.2, 0.25) is 0 Å². The van der Waals surface area contributed by atoms with E-state index in [1.807, 2.05) is 6.92 Å². The van der Waals surface area contributed by atoms with Crippen LogP contribution in [0.4, 0.5) is 0 Å². The molecule has 1 unspecified atom stereocenters. The van der Waals surface area contributed by atoms with Crippen LogP contribution < -0.4 is 5.73 Å². The fourth-order valence-corrected chi connectivity index (χ4v) is 1.85. The SMILES string of the molecule is CCOC(=O)CCCCC(N)c1ccc(C)cc1. The van der Waals surface area contributed by atoms with E-state index in [2.05, 4.69) is 31.2 Å². The zero-order valence-electron chi connectivity index (χ0n) is 11.3. The number of hydrogen-bond donors (Lipinski definition) is 1. The molecule has 1 aromatic rings. The van der Waals surface area contributed by atoms with E-state index in [9.17, 15) is 4.79 Å². The molecule has 0 saturated carbocycles. The van der Waals surface area contributed by atoms with E-state index >= 15 is 0 Å². The molecule has 0 radical (unpaired) electrons. The average Bonchev–Trinajstić information content (AvgIpc) is 2.35. The molecule has 0 saturated heterocycles. The second-order valence-electron chi connectivity index (χ2n) is 4.57. The number of ether oxygens (including phenoxy) is 1. The molecule has 0 aromatic heterocycles. The van der Waals surface area contributed by atoms with Crippen LogP contribution in [-0.4, -0.2) is 12.6 Å². The van der Waals surface area contributed by atoms with Crippen molar-refractivity contribution in [2.75, 3.05) is 6.61 Å². The summed E-state index contributed by atoms with van der Waals surface area (Å²) in [6.45, 7) is 4.35. The summed E-state index contributed by atoms with van der Waals surface area (Å²) in [5.41, 5.74) is 8.51. The lowest BCUT2D eigenvalue weighted by atomic mass is 10.0. The Hall–Kier alpha value is -1.35. The Morgan fingerprint density at radius 3 is 2.56 bits per heavy atom. The van der Waals surface area contributed by atoms with Crippen molar-refractivity contribution in [3.63, 3.8) is 0 Å². The van der Waals surface area contributed by atoms with Crippen molar-refractivity contribution in [3.05, 3.63) is 35.4 Å². The van der Waals surface area contributed by atoms with Crippen LogP contribution in [0.15, 0.2) is 24.3 Å². The first-order valence-corrected chi connectivity index (χ1v) is 6.61. The van der Waals surface area contributed by atoms with Crippen molar-refractivity contribution in [3.8, 4) is 0 Å². The van der Waals surface area contributed by atoms with Crippen LogP contribution in [0.2, 0.25) is 0 Å². The molecular formula is C15H23NO2. The van der Waals surface area contributed by atoms with Crippen LogP contribution in [-0.2, 0) is 9.53 Å². The summed E-state index contributed by atoms with van der Waals surface area (Å²) in [5, 5.41) is 0. The second-order valence-corrected chi connectivity index (χ2v) is 4.57. The van der Waals surface area contributed by atoms with Gasteiger partial charge in [-0.2, -0.15) is 0 Å². The van der Waals surface area contributed by atoms with Crippen molar-refractivity contribution in [2.45, 2.75) is 45.6 Å². The lowest BCUT2D eigenvalue weighted by Crippen LogP contribution is -2.10. The first-order valence-electron chi connectivity index (χ1n) is 6.61. The van der Waals surface area contributed by atoms with E-state index < -0.39 is 0 Å². The lowest BCUT2D eigenvalue weighted by Gasteiger charge is -2.12. The van der Waals surface area contributed by atoms with Crippen LogP contribution in [0, 0.1) is 6.92 Å². The summed E-state index contributed by atoms with van der Waals surface area (Å²) in [7, 11) is 0. The fraction of sp³-hybridized carbons (Fsp3) is 0.533. The first-order chi connectivity index (χ1) is 8.63. The maximum Gasteiger partial charge on any atom is 0.305 e. The molecule has 3 nitrogen and oxygen atoms in total. The Morgan fingerprint density at radius 2 is 1.94 bits per heavy atom. The minimum atomic E-state index is -0.110. The summed E-state index contributed by atoms with van der Waals surface area (Å²) in [5.74, 6) is -0.110. The summed E-state index contributed by atoms with van der Waals surface area (Å²) in [6, 6.07) is 8.37. The predicted molar refractivity (Wildman–Crippen MR) is 73.2 cm³/mol. The summed E-state index contributed by atoms with van der Waals surface area (Å²) in [4.78, 5) is 11.1. The van der Waals surface area contributed by atoms with Crippen LogP contribution >= 0.6 is 0 Å². The maximum atomic E-state index is 11.1. The third kappa shape index (κ3) is 5.32. The van der Waals surface area contributed by atoms with E-state index in [0.717, 1.165) is 24.8 Å². The molecule has 18 heavy (non-hydrogen) atoms. The van der Waals surface area contributed by atoms with Gasteiger partial charge in [0.25, 0.3) is 0 Å². The first kappa shape index (κ1) is 14.7. The minimum Gasteiger partial charge on any atom is -0.466 e. The monoisotopic (exact) mass is 249 g/mol. The summed E-state index contributed by atoms with van der Waals surface area (Å²) >= 11 is 0. The van der Waals surface area contributed by atoms with Crippen molar-refractivity contribution in [1.29, 1.82) is 0 Å². The van der Waals surface area contributed by atoms with Gasteiger partial charge in [-0.05, 0) is 32.3 Å². The van der Waals surface area contributed by atoms with Crippen molar-refractivity contribution < 1.29 is 9.53 Å². The van der Waals surface area contributed by atoms with Gasteiger partial charge in [-0.25, -0.2) is 0 Å². The van der Waals surface area contributed by atoms with Gasteiger partial charge in [0.15, 0.2) is 0 Å². The van der Waals surface area contributed by atoms with Crippen LogP contribution in [0.3, 0.4) is 0 Å². The maximum absolute atomic E-state index is 11.1. The fourth-order valence-electron chi connectivity index (χ4n) is 1.85. The van der Waals surface area contributed by atoms with Gasteiger partial charge in [-0.1, -0.05) is 36.2 Å². The van der Waals surface area contributed by atoms with E-state index in [1.165, 1.54) is 5.56 Å². The van der Waals surface area contributed by atoms with Gasteiger partial charge in [-0.15, -0.1) is 0 Å². The number of hydrogen-bond acceptors (Lipinski definition) is 3. The molecule has 2 N–H and O–H groups in total. The minimum absolute atomic E-state index is 0.0628. The Bertz CT molecular complexity index is 359. The predicted octanol–water partition coefficient (Wildman–Crippen LogP) is 3.12. The molecule has 0 fully saturated rings. The number of carbonyl (C=O) groups is 1. The van der Waals surface area contributed by atoms with Gasteiger partial charge in [0.1, 0.15) is 0 Å². The Morgan fingerprint density at radius 1 is 1.28 bits per heavy atom. The highest BCUT2D eigenvalue weighted by Gasteiger charge is 2.06. The van der Waals surface area contributed by atoms with Gasteiger partial charge in [0.05, 0.1) is 6.61 Å². The molecule has 1 rings (SSSR count). The van der Waals surface area contributed by atoms with Crippen molar-refractivity contribution >= 4 is 5.97 Å². The number of benzene rings is 1. The Labute approximate surface area is 109 Å². The summed E-state index contributed by atoms with van der Waals surface area (Å²) in [6.07, 6.45) is 3.20. The summed E-state index contributed by atoms with van der Waals surface area (Å²) < 4.78 is 4.88. The molecule has 0 amide bonds. The Kier molecular flexibility index (Phi) is 6.44. The quantitative estimate of drug-likeness (QED) is 0.596. The molecule has 1 atom stereocenters. The molecule has 0 heterocycles. The van der Waals surface area contributed by atoms with Gasteiger partial charge >= 0.3 is 5.97 Å². The van der Waals surface area contributed by atoms with Gasteiger partial charge in [-0.3, -0.25) is 4.79 Å². The third-order valence-electron chi connectivity index (χ3n) is 2.96. The van der Waals surface area contributed by atoms with E-state index in [-0.39, 0.29) is 12.0 Å². The van der Waals surface area contributed by atoms with Gasteiger partial charge < -0.3 is 10.5 Å². The molecule has 1 aromatic carbocycles. The standard InChI is InChI=1S/C15H23NO2/c1-3-18-15(17)7-5-4-6-14(16)13-10-8-12(2)9-11-13/h8-11,14H,3-7,16H2,1-2H3. The molecular weight excluding hydrogens is 226 g/mol. The normalized spacial score (nSPS) is 12.2. The lowest BCUT2D eigenvalue weighted by molar-refractivity contribution is -0.143. The van der Waals surface area contributed by atoms with E-state index in [4.69, 9.17) is 10.5 Å². The third-order valence-corrected chi connectivity index (χ3v) is 2.96. The zero-order valence-corrected chi connectivity index (χ0v) is 11.3. The van der Waals surface area contributed by atoms with Crippen molar-refractivity contribution in [2.24, 2.45) is 5.73 Å². The molecule has 100 valence electrons. The van der Waals surface area contributed by atoms with E-state index in [1.54, 1.807) is 0 Å². The number of rotatable bonds is 7.